The van der Waals surface area contributed by atoms with E-state index in [4.69, 9.17) is 23.2 Å². The van der Waals surface area contributed by atoms with Crippen molar-refractivity contribution in [1.82, 2.24) is 15.3 Å². The van der Waals surface area contributed by atoms with Crippen LogP contribution in [0.1, 0.15) is 29.3 Å². The largest absolute Gasteiger partial charge is 0.321 e. The van der Waals surface area contributed by atoms with E-state index in [0.29, 0.717) is 44.1 Å². The maximum absolute atomic E-state index is 13.4. The van der Waals surface area contributed by atoms with Crippen LogP contribution < -0.4 is 16.0 Å². The fraction of sp³-hybridized carbons (Fsp3) is 0.0882. The molecule has 0 spiro atoms. The van der Waals surface area contributed by atoms with Gasteiger partial charge < -0.3 is 16.0 Å². The number of halogens is 2. The Balaban J connectivity index is 1.26. The Labute approximate surface area is 284 Å². The molecule has 1 unspecified atom stereocenters. The van der Waals surface area contributed by atoms with Crippen molar-refractivity contribution in [3.05, 3.63) is 130 Å². The molecule has 0 saturated carbocycles. The number of hydrogen-bond acceptors (Lipinski definition) is 7. The molecular weight excluding hydrogens is 661 g/mol. The van der Waals surface area contributed by atoms with Crippen LogP contribution >= 0.6 is 46.3 Å². The number of thioether (sulfide) groups is 1. The Kier molecular flexibility index (Phi) is 11.2. The molecule has 5 rings (SSSR count). The van der Waals surface area contributed by atoms with E-state index in [2.05, 4.69) is 25.9 Å². The highest BCUT2D eigenvalue weighted by atomic mass is 35.5. The summed E-state index contributed by atoms with van der Waals surface area (Å²) in [6.45, 7) is 1.93. The minimum Gasteiger partial charge on any atom is -0.321 e. The Hall–Kier alpha value is -4.48. The molecule has 232 valence electrons. The number of anilines is 2. The molecule has 0 fully saturated rings. The smallest absolute Gasteiger partial charge is 0.272 e. The molecule has 3 amide bonds. The number of nitrogens with one attached hydrogen (secondary N) is 3. The van der Waals surface area contributed by atoms with Crippen LogP contribution in [0.25, 0.3) is 17.3 Å². The topological polar surface area (TPSA) is 113 Å². The van der Waals surface area contributed by atoms with Crippen LogP contribution in [0.2, 0.25) is 10.0 Å². The lowest BCUT2D eigenvalue weighted by Crippen LogP contribution is -2.30. The normalized spacial score (nSPS) is 11.8. The number of aromatic nitrogens is 2. The highest BCUT2D eigenvalue weighted by Gasteiger charge is 2.21. The summed E-state index contributed by atoms with van der Waals surface area (Å²) in [5.41, 5.74) is 3.09. The Morgan fingerprint density at radius 1 is 0.935 bits per heavy atom. The first-order chi connectivity index (χ1) is 22.3. The first kappa shape index (κ1) is 32.9. The van der Waals surface area contributed by atoms with E-state index in [9.17, 15) is 14.4 Å². The molecule has 3 aromatic carbocycles. The van der Waals surface area contributed by atoms with Crippen LogP contribution in [0, 0.1) is 0 Å². The zero-order chi connectivity index (χ0) is 32.5. The molecule has 8 nitrogen and oxygen atoms in total. The number of nitrogens with zero attached hydrogens (tertiary/aromatic N) is 2. The summed E-state index contributed by atoms with van der Waals surface area (Å²) < 4.78 is 0. The van der Waals surface area contributed by atoms with Crippen molar-refractivity contribution in [3.63, 3.8) is 0 Å². The lowest BCUT2D eigenvalue weighted by atomic mass is 10.2. The number of thiazole rings is 1. The van der Waals surface area contributed by atoms with Crippen LogP contribution in [-0.2, 0) is 9.59 Å². The lowest BCUT2D eigenvalue weighted by Gasteiger charge is -2.15. The van der Waals surface area contributed by atoms with Gasteiger partial charge in [-0.2, -0.15) is 0 Å². The summed E-state index contributed by atoms with van der Waals surface area (Å²) in [6, 6.07) is 24.6. The molecule has 0 saturated heterocycles. The average molecular weight is 689 g/mol. The van der Waals surface area contributed by atoms with E-state index in [-0.39, 0.29) is 11.6 Å². The third-order valence-corrected chi connectivity index (χ3v) is 9.36. The summed E-state index contributed by atoms with van der Waals surface area (Å²) >= 11 is 14.9. The Morgan fingerprint density at radius 2 is 1.76 bits per heavy atom. The molecule has 5 aromatic rings. The van der Waals surface area contributed by atoms with E-state index >= 15 is 0 Å². The summed E-state index contributed by atoms with van der Waals surface area (Å²) in [5.74, 6) is -1.12. The van der Waals surface area contributed by atoms with Crippen molar-refractivity contribution in [2.24, 2.45) is 0 Å². The Morgan fingerprint density at radius 3 is 2.50 bits per heavy atom. The van der Waals surface area contributed by atoms with Crippen molar-refractivity contribution in [1.29, 1.82) is 0 Å². The van der Waals surface area contributed by atoms with Gasteiger partial charge >= 0.3 is 0 Å². The van der Waals surface area contributed by atoms with Gasteiger partial charge in [-0.25, -0.2) is 4.98 Å². The summed E-state index contributed by atoms with van der Waals surface area (Å²) in [4.78, 5) is 48.9. The second-order valence-corrected chi connectivity index (χ2v) is 12.8. The predicted octanol–water partition coefficient (Wildman–Crippen LogP) is 8.43. The second kappa shape index (κ2) is 15.7. The molecule has 1 atom stereocenters. The van der Waals surface area contributed by atoms with Gasteiger partial charge in [0.2, 0.25) is 5.91 Å². The number of hydrogen-bond donors (Lipinski definition) is 3. The van der Waals surface area contributed by atoms with Crippen molar-refractivity contribution in [3.8, 4) is 11.3 Å². The molecule has 46 heavy (non-hydrogen) atoms. The van der Waals surface area contributed by atoms with Crippen molar-refractivity contribution in [2.45, 2.75) is 23.5 Å². The van der Waals surface area contributed by atoms with Crippen molar-refractivity contribution >= 4 is 80.9 Å². The lowest BCUT2D eigenvalue weighted by molar-refractivity contribution is -0.116. The zero-order valence-electron chi connectivity index (χ0n) is 24.4. The number of rotatable bonds is 11. The molecule has 12 heteroatoms. The molecule has 0 aliphatic carbocycles. The number of carbonyl (C=O) groups is 3. The van der Waals surface area contributed by atoms with E-state index < -0.39 is 17.1 Å². The fourth-order valence-electron chi connectivity index (χ4n) is 4.21. The van der Waals surface area contributed by atoms with Crippen molar-refractivity contribution < 1.29 is 14.4 Å². The van der Waals surface area contributed by atoms with Gasteiger partial charge in [0.05, 0.1) is 21.0 Å². The highest BCUT2D eigenvalue weighted by Crippen LogP contribution is 2.32. The van der Waals surface area contributed by atoms with Crippen LogP contribution in [0.5, 0.6) is 0 Å². The highest BCUT2D eigenvalue weighted by molar-refractivity contribution is 8.00. The van der Waals surface area contributed by atoms with Crippen LogP contribution in [-0.4, -0.2) is 32.9 Å². The summed E-state index contributed by atoms with van der Waals surface area (Å²) in [5, 5.41) is 11.3. The molecule has 0 aliphatic rings. The van der Waals surface area contributed by atoms with Crippen LogP contribution in [0.4, 0.5) is 10.8 Å². The van der Waals surface area contributed by atoms with E-state index in [1.54, 1.807) is 85.2 Å². The van der Waals surface area contributed by atoms with E-state index in [0.717, 1.165) is 10.5 Å². The third-order valence-electron chi connectivity index (χ3n) is 6.51. The molecule has 0 bridgehead atoms. The van der Waals surface area contributed by atoms with Gasteiger partial charge in [0.15, 0.2) is 5.13 Å². The number of amides is 3. The maximum Gasteiger partial charge on any atom is 0.272 e. The average Bonchev–Trinajstić information content (AvgIpc) is 3.54. The first-order valence-corrected chi connectivity index (χ1v) is 16.6. The molecule has 2 heterocycles. The number of carbonyl (C=O) groups excluding carboxylic acids is 3. The van der Waals surface area contributed by atoms with E-state index in [1.165, 1.54) is 23.1 Å². The van der Waals surface area contributed by atoms with Gasteiger partial charge in [-0.05, 0) is 66.6 Å². The van der Waals surface area contributed by atoms with Gasteiger partial charge in [-0.15, -0.1) is 23.1 Å². The molecule has 0 radical (unpaired) electrons. The van der Waals surface area contributed by atoms with Gasteiger partial charge in [0.1, 0.15) is 5.70 Å². The van der Waals surface area contributed by atoms with Gasteiger partial charge in [0.25, 0.3) is 11.8 Å². The molecular formula is C34H27Cl2N5O3S2. The van der Waals surface area contributed by atoms with Gasteiger partial charge in [-0.1, -0.05) is 66.5 Å². The monoisotopic (exact) mass is 687 g/mol. The van der Waals surface area contributed by atoms with E-state index in [1.807, 2.05) is 30.5 Å². The second-order valence-electron chi connectivity index (χ2n) is 9.82. The number of pyridine rings is 1. The summed E-state index contributed by atoms with van der Waals surface area (Å²) in [6.07, 6.45) is 5.33. The predicted molar refractivity (Wildman–Crippen MR) is 187 cm³/mol. The fourth-order valence-corrected chi connectivity index (χ4v) is 6.24. The summed E-state index contributed by atoms with van der Waals surface area (Å²) in [7, 11) is 0. The van der Waals surface area contributed by atoms with Gasteiger partial charge in [-0.3, -0.25) is 19.4 Å². The Bertz CT molecular complexity index is 1880. The molecule has 3 N–H and O–H groups in total. The molecule has 2 aromatic heterocycles. The van der Waals surface area contributed by atoms with Crippen molar-refractivity contribution in [2.75, 3.05) is 10.6 Å². The standard InChI is InChI=1S/C34H27Cl2N5O3S2/c1-2-30(33(44)41-34-40-29(20-45-34)23-13-14-26(35)27(36)17-23)46-25-12-6-11-24(18-25)38-32(43)28(16-21-8-7-15-37-19-21)39-31(42)22-9-4-3-5-10-22/h3-20,30H,2H2,1H3,(H,38,43)(H,39,42)(H,40,41,44)/b28-16-. The minimum atomic E-state index is -0.512. The van der Waals surface area contributed by atoms with Crippen LogP contribution in [0.3, 0.4) is 0 Å². The minimum absolute atomic E-state index is 0.0504. The first-order valence-electron chi connectivity index (χ1n) is 14.1. The van der Waals surface area contributed by atoms with Crippen LogP contribution in [0.15, 0.2) is 113 Å². The third kappa shape index (κ3) is 8.82. The molecule has 0 aliphatic heterocycles. The van der Waals surface area contributed by atoms with Gasteiger partial charge in [0, 0.05) is 39.5 Å². The zero-order valence-corrected chi connectivity index (χ0v) is 27.5. The quantitative estimate of drug-likeness (QED) is 0.0949. The SMILES string of the molecule is CCC(Sc1cccc(NC(=O)/C(=C/c2cccnc2)NC(=O)c2ccccc2)c1)C(=O)Nc1nc(-c2ccc(Cl)c(Cl)c2)cs1. The maximum atomic E-state index is 13.4. The number of benzene rings is 3.